The second-order valence-corrected chi connectivity index (χ2v) is 7.17. The molecule has 0 saturated carbocycles. The fourth-order valence-electron chi connectivity index (χ4n) is 2.48. The lowest BCUT2D eigenvalue weighted by Gasteiger charge is -2.15. The molecule has 1 N–H and O–H groups in total. The van der Waals surface area contributed by atoms with E-state index in [1.165, 1.54) is 6.07 Å². The first-order chi connectivity index (χ1) is 11.2. The third-order valence-electron chi connectivity index (χ3n) is 3.56. The van der Waals surface area contributed by atoms with Crippen LogP contribution in [0.15, 0.2) is 35.2 Å². The van der Waals surface area contributed by atoms with Gasteiger partial charge < -0.3 is 4.74 Å². The molecule has 2 aromatic rings. The molecule has 128 valence electrons. The van der Waals surface area contributed by atoms with Gasteiger partial charge >= 0.3 is 5.97 Å². The Bertz CT molecular complexity index is 884. The van der Waals surface area contributed by atoms with Crippen LogP contribution in [0.1, 0.15) is 27.0 Å². The zero-order valence-electron chi connectivity index (χ0n) is 13.8. The summed E-state index contributed by atoms with van der Waals surface area (Å²) >= 11 is 0. The van der Waals surface area contributed by atoms with Crippen LogP contribution in [0.4, 0.5) is 10.1 Å². The maximum atomic E-state index is 14.0. The van der Waals surface area contributed by atoms with Gasteiger partial charge in [-0.1, -0.05) is 17.7 Å². The molecule has 0 radical (unpaired) electrons. The van der Waals surface area contributed by atoms with Gasteiger partial charge in [-0.25, -0.2) is 17.6 Å². The minimum Gasteiger partial charge on any atom is -0.465 e. The summed E-state index contributed by atoms with van der Waals surface area (Å²) in [5, 5.41) is 0. The minimum absolute atomic E-state index is 0.0448. The molecule has 7 heteroatoms. The van der Waals surface area contributed by atoms with E-state index in [0.29, 0.717) is 5.69 Å². The Balaban J connectivity index is 2.50. The monoisotopic (exact) mass is 351 g/mol. The van der Waals surface area contributed by atoms with Crippen molar-refractivity contribution in [3.05, 3.63) is 58.4 Å². The molecular formula is C17H18FNO4S. The number of aryl methyl sites for hydroxylation is 3. The molecule has 0 aliphatic rings. The smallest absolute Gasteiger partial charge is 0.337 e. The lowest BCUT2D eigenvalue weighted by molar-refractivity contribution is 0.0600. The topological polar surface area (TPSA) is 72.5 Å². The standard InChI is InChI=1S/C17H18FNO4S/c1-10-7-11(2)16(12(3)8-10)19-24(21,22)15-9-13(17(20)23-4)5-6-14(15)18/h5-9,19H,1-4H3. The summed E-state index contributed by atoms with van der Waals surface area (Å²) < 4.78 is 46.1. The second kappa shape index (κ2) is 6.60. The molecule has 0 saturated heterocycles. The van der Waals surface area contributed by atoms with Crippen molar-refractivity contribution in [3.63, 3.8) is 0 Å². The molecule has 0 heterocycles. The van der Waals surface area contributed by atoms with Crippen LogP contribution in [0.3, 0.4) is 0 Å². The van der Waals surface area contributed by atoms with Crippen LogP contribution in [0.5, 0.6) is 0 Å². The quantitative estimate of drug-likeness (QED) is 0.858. The Hall–Kier alpha value is -2.41. The lowest BCUT2D eigenvalue weighted by Crippen LogP contribution is -2.17. The molecule has 2 aromatic carbocycles. The number of ether oxygens (including phenoxy) is 1. The van der Waals surface area contributed by atoms with Gasteiger partial charge in [0.15, 0.2) is 0 Å². The molecule has 2 rings (SSSR count). The minimum atomic E-state index is -4.20. The number of benzene rings is 2. The second-order valence-electron chi connectivity index (χ2n) is 5.52. The van der Waals surface area contributed by atoms with Crippen molar-refractivity contribution in [3.8, 4) is 0 Å². The number of rotatable bonds is 4. The molecule has 0 bridgehead atoms. The number of hydrogen-bond donors (Lipinski definition) is 1. The Morgan fingerprint density at radius 3 is 2.21 bits per heavy atom. The van der Waals surface area contributed by atoms with Crippen molar-refractivity contribution in [1.29, 1.82) is 0 Å². The number of methoxy groups -OCH3 is 1. The highest BCUT2D eigenvalue weighted by Gasteiger charge is 2.23. The van der Waals surface area contributed by atoms with Gasteiger partial charge in [-0.2, -0.15) is 0 Å². The summed E-state index contributed by atoms with van der Waals surface area (Å²) in [6.07, 6.45) is 0. The molecule has 0 aliphatic heterocycles. The first kappa shape index (κ1) is 17.9. The number of anilines is 1. The summed E-state index contributed by atoms with van der Waals surface area (Å²) in [5.74, 6) is -1.69. The maximum absolute atomic E-state index is 14.0. The lowest BCUT2D eigenvalue weighted by atomic mass is 10.1. The van der Waals surface area contributed by atoms with Crippen molar-refractivity contribution < 1.29 is 22.3 Å². The van der Waals surface area contributed by atoms with Crippen LogP contribution >= 0.6 is 0 Å². The van der Waals surface area contributed by atoms with Gasteiger partial charge in [-0.15, -0.1) is 0 Å². The van der Waals surface area contributed by atoms with E-state index in [2.05, 4.69) is 9.46 Å². The van der Waals surface area contributed by atoms with Crippen molar-refractivity contribution in [1.82, 2.24) is 0 Å². The van der Waals surface area contributed by atoms with Crippen molar-refractivity contribution in [2.45, 2.75) is 25.7 Å². The van der Waals surface area contributed by atoms with E-state index in [-0.39, 0.29) is 5.56 Å². The molecule has 5 nitrogen and oxygen atoms in total. The Morgan fingerprint density at radius 1 is 1.08 bits per heavy atom. The van der Waals surface area contributed by atoms with Crippen molar-refractivity contribution in [2.75, 3.05) is 11.8 Å². The normalized spacial score (nSPS) is 11.2. The van der Waals surface area contributed by atoms with E-state index in [0.717, 1.165) is 35.9 Å². The van der Waals surface area contributed by atoms with Crippen LogP contribution in [0, 0.1) is 26.6 Å². The maximum Gasteiger partial charge on any atom is 0.337 e. The highest BCUT2D eigenvalue weighted by molar-refractivity contribution is 7.92. The highest BCUT2D eigenvalue weighted by Crippen LogP contribution is 2.26. The van der Waals surface area contributed by atoms with Crippen LogP contribution in [0.25, 0.3) is 0 Å². The van der Waals surface area contributed by atoms with Crippen molar-refractivity contribution in [2.24, 2.45) is 0 Å². The average molecular weight is 351 g/mol. The molecule has 0 amide bonds. The summed E-state index contributed by atoms with van der Waals surface area (Å²) in [7, 11) is -3.04. The molecule has 0 unspecified atom stereocenters. The zero-order valence-corrected chi connectivity index (χ0v) is 14.6. The fourth-order valence-corrected chi connectivity index (χ4v) is 3.79. The van der Waals surface area contributed by atoms with Crippen molar-refractivity contribution >= 4 is 21.7 Å². The number of nitrogens with one attached hydrogen (secondary N) is 1. The predicted molar refractivity (Wildman–Crippen MR) is 89.2 cm³/mol. The van der Waals surface area contributed by atoms with E-state index in [1.54, 1.807) is 13.8 Å². The molecular weight excluding hydrogens is 333 g/mol. The third-order valence-corrected chi connectivity index (χ3v) is 4.92. The fraction of sp³-hybridized carbons (Fsp3) is 0.235. The molecule has 0 fully saturated rings. The van der Waals surface area contributed by atoms with E-state index in [1.807, 2.05) is 19.1 Å². The molecule has 0 atom stereocenters. The number of hydrogen-bond acceptors (Lipinski definition) is 4. The average Bonchev–Trinajstić information content (AvgIpc) is 2.50. The number of sulfonamides is 1. The third kappa shape index (κ3) is 3.56. The first-order valence-corrected chi connectivity index (χ1v) is 8.62. The van der Waals surface area contributed by atoms with Crippen LogP contribution in [-0.2, 0) is 14.8 Å². The van der Waals surface area contributed by atoms with Gasteiger partial charge in [-0.3, -0.25) is 4.72 Å². The van der Waals surface area contributed by atoms with Crippen LogP contribution < -0.4 is 4.72 Å². The molecule has 0 aliphatic carbocycles. The van der Waals surface area contributed by atoms with Gasteiger partial charge in [0.05, 0.1) is 18.4 Å². The SMILES string of the molecule is COC(=O)c1ccc(F)c(S(=O)(=O)Nc2c(C)cc(C)cc2C)c1. The predicted octanol–water partition coefficient (Wildman–Crippen LogP) is 3.34. The summed E-state index contributed by atoms with van der Waals surface area (Å²) in [6, 6.07) is 6.71. The Morgan fingerprint density at radius 2 is 1.67 bits per heavy atom. The van der Waals surface area contributed by atoms with Crippen LogP contribution in [-0.4, -0.2) is 21.5 Å². The number of esters is 1. The number of halogens is 1. The zero-order chi connectivity index (χ0) is 18.1. The summed E-state index contributed by atoms with van der Waals surface area (Å²) in [5.41, 5.74) is 2.79. The van der Waals surface area contributed by atoms with E-state index < -0.39 is 26.7 Å². The number of carbonyl (C=O) groups excluding carboxylic acids is 1. The largest absolute Gasteiger partial charge is 0.465 e. The van der Waals surface area contributed by atoms with E-state index in [4.69, 9.17) is 0 Å². The summed E-state index contributed by atoms with van der Waals surface area (Å²) in [4.78, 5) is 10.9. The Labute approximate surface area is 140 Å². The Kier molecular flexibility index (Phi) is 4.94. The molecule has 0 aromatic heterocycles. The first-order valence-electron chi connectivity index (χ1n) is 7.14. The number of carbonyl (C=O) groups is 1. The van der Waals surface area contributed by atoms with Gasteiger partial charge in [-0.05, 0) is 50.1 Å². The highest BCUT2D eigenvalue weighted by atomic mass is 32.2. The van der Waals surface area contributed by atoms with Crippen LogP contribution in [0.2, 0.25) is 0 Å². The van der Waals surface area contributed by atoms with Gasteiger partial charge in [0.25, 0.3) is 10.0 Å². The van der Waals surface area contributed by atoms with E-state index in [9.17, 15) is 17.6 Å². The van der Waals surface area contributed by atoms with Gasteiger partial charge in [0.1, 0.15) is 10.7 Å². The molecule has 0 spiro atoms. The van der Waals surface area contributed by atoms with Gasteiger partial charge in [0.2, 0.25) is 0 Å². The summed E-state index contributed by atoms with van der Waals surface area (Å²) in [6.45, 7) is 5.43. The van der Waals surface area contributed by atoms with E-state index >= 15 is 0 Å². The van der Waals surface area contributed by atoms with Gasteiger partial charge in [0, 0.05) is 0 Å². The molecule has 24 heavy (non-hydrogen) atoms.